The SMILES string of the molecule is C[C@@H](CCNC(=O)c1ccc(CN2C(=O)CCn3nc(-c4ccccc4)cc32)cc1)N1CCCC1. The molecular formula is C28H33N5O2. The summed E-state index contributed by atoms with van der Waals surface area (Å²) in [6, 6.07) is 20.0. The lowest BCUT2D eigenvalue weighted by molar-refractivity contribution is -0.119. The van der Waals surface area contributed by atoms with E-state index in [4.69, 9.17) is 5.10 Å². The first-order valence-electron chi connectivity index (χ1n) is 12.6. The summed E-state index contributed by atoms with van der Waals surface area (Å²) in [6.07, 6.45) is 3.95. The van der Waals surface area contributed by atoms with Crippen LogP contribution in [0, 0.1) is 0 Å². The van der Waals surface area contributed by atoms with Crippen LogP contribution in [0.3, 0.4) is 0 Å². The molecule has 0 spiro atoms. The Morgan fingerprint density at radius 1 is 1.03 bits per heavy atom. The molecule has 0 unspecified atom stereocenters. The number of aryl methyl sites for hydroxylation is 1. The molecule has 35 heavy (non-hydrogen) atoms. The van der Waals surface area contributed by atoms with Crippen molar-refractivity contribution in [3.8, 4) is 11.3 Å². The number of rotatable bonds is 8. The van der Waals surface area contributed by atoms with Crippen molar-refractivity contribution in [1.82, 2.24) is 20.0 Å². The van der Waals surface area contributed by atoms with Crippen LogP contribution in [-0.2, 0) is 17.9 Å². The van der Waals surface area contributed by atoms with Crippen molar-refractivity contribution in [3.63, 3.8) is 0 Å². The third kappa shape index (κ3) is 5.30. The Morgan fingerprint density at radius 2 is 1.77 bits per heavy atom. The van der Waals surface area contributed by atoms with Crippen molar-refractivity contribution in [3.05, 3.63) is 71.8 Å². The van der Waals surface area contributed by atoms with Gasteiger partial charge in [-0.05, 0) is 57.0 Å². The van der Waals surface area contributed by atoms with Gasteiger partial charge in [-0.2, -0.15) is 5.10 Å². The fourth-order valence-corrected chi connectivity index (χ4v) is 4.98. The summed E-state index contributed by atoms with van der Waals surface area (Å²) >= 11 is 0. The molecule has 7 nitrogen and oxygen atoms in total. The average molecular weight is 472 g/mol. The molecule has 1 atom stereocenters. The molecule has 1 aromatic heterocycles. The second kappa shape index (κ2) is 10.4. The summed E-state index contributed by atoms with van der Waals surface area (Å²) < 4.78 is 1.91. The number of carbonyl (C=O) groups excluding carboxylic acids is 2. The van der Waals surface area contributed by atoms with E-state index in [1.54, 1.807) is 4.90 Å². The van der Waals surface area contributed by atoms with E-state index in [1.165, 1.54) is 25.9 Å². The molecule has 2 aliphatic rings. The van der Waals surface area contributed by atoms with Crippen molar-refractivity contribution in [2.24, 2.45) is 0 Å². The Bertz CT molecular complexity index is 1170. The molecule has 5 rings (SSSR count). The van der Waals surface area contributed by atoms with Gasteiger partial charge in [-0.3, -0.25) is 14.5 Å². The molecule has 2 aliphatic heterocycles. The minimum Gasteiger partial charge on any atom is -0.352 e. The van der Waals surface area contributed by atoms with E-state index in [0.29, 0.717) is 37.7 Å². The largest absolute Gasteiger partial charge is 0.352 e. The van der Waals surface area contributed by atoms with Crippen LogP contribution in [0.2, 0.25) is 0 Å². The number of fused-ring (bicyclic) bond motifs is 1. The molecule has 1 saturated heterocycles. The Labute approximate surface area is 206 Å². The van der Waals surface area contributed by atoms with Gasteiger partial charge in [0, 0.05) is 36.2 Å². The predicted octanol–water partition coefficient (Wildman–Crippen LogP) is 4.09. The molecule has 2 aromatic carbocycles. The number of hydrogen-bond acceptors (Lipinski definition) is 4. The lowest BCUT2D eigenvalue weighted by Gasteiger charge is -2.27. The summed E-state index contributed by atoms with van der Waals surface area (Å²) in [5, 5.41) is 7.77. The van der Waals surface area contributed by atoms with Crippen molar-refractivity contribution in [2.75, 3.05) is 24.5 Å². The Morgan fingerprint density at radius 3 is 2.51 bits per heavy atom. The van der Waals surface area contributed by atoms with Gasteiger partial charge in [0.15, 0.2) is 0 Å². The number of amides is 2. The summed E-state index contributed by atoms with van der Waals surface area (Å²) in [6.45, 7) is 6.30. The quantitative estimate of drug-likeness (QED) is 0.537. The smallest absolute Gasteiger partial charge is 0.251 e. The monoisotopic (exact) mass is 471 g/mol. The van der Waals surface area contributed by atoms with Crippen molar-refractivity contribution in [2.45, 2.75) is 51.7 Å². The highest BCUT2D eigenvalue weighted by molar-refractivity contribution is 5.95. The number of hydrogen-bond donors (Lipinski definition) is 1. The summed E-state index contributed by atoms with van der Waals surface area (Å²) in [7, 11) is 0. The zero-order chi connectivity index (χ0) is 24.2. The molecular weight excluding hydrogens is 438 g/mol. The van der Waals surface area contributed by atoms with E-state index < -0.39 is 0 Å². The molecule has 0 saturated carbocycles. The molecule has 3 heterocycles. The molecule has 3 aromatic rings. The van der Waals surface area contributed by atoms with Gasteiger partial charge < -0.3 is 10.2 Å². The minimum absolute atomic E-state index is 0.0511. The van der Waals surface area contributed by atoms with Gasteiger partial charge in [-0.15, -0.1) is 0 Å². The molecule has 0 bridgehead atoms. The van der Waals surface area contributed by atoms with Crippen LogP contribution in [0.4, 0.5) is 5.82 Å². The topological polar surface area (TPSA) is 70.5 Å². The molecule has 1 fully saturated rings. The van der Waals surface area contributed by atoms with Gasteiger partial charge in [-0.1, -0.05) is 42.5 Å². The van der Waals surface area contributed by atoms with Gasteiger partial charge >= 0.3 is 0 Å². The van der Waals surface area contributed by atoms with E-state index in [2.05, 4.69) is 17.1 Å². The lowest BCUT2D eigenvalue weighted by Crippen LogP contribution is -2.37. The van der Waals surface area contributed by atoms with E-state index >= 15 is 0 Å². The van der Waals surface area contributed by atoms with Crippen molar-refractivity contribution < 1.29 is 9.59 Å². The second-order valence-electron chi connectivity index (χ2n) is 9.54. The van der Waals surface area contributed by atoms with Crippen molar-refractivity contribution in [1.29, 1.82) is 0 Å². The van der Waals surface area contributed by atoms with E-state index in [9.17, 15) is 9.59 Å². The third-order valence-corrected chi connectivity index (χ3v) is 7.11. The number of nitrogens with one attached hydrogen (secondary N) is 1. The van der Waals surface area contributed by atoms with Crippen LogP contribution in [0.5, 0.6) is 0 Å². The number of benzene rings is 2. The van der Waals surface area contributed by atoms with E-state index in [1.807, 2.05) is 65.3 Å². The van der Waals surface area contributed by atoms with Crippen LogP contribution >= 0.6 is 0 Å². The maximum Gasteiger partial charge on any atom is 0.251 e. The number of carbonyl (C=O) groups is 2. The molecule has 1 N–H and O–H groups in total. The summed E-state index contributed by atoms with van der Waals surface area (Å²) in [5.74, 6) is 0.852. The average Bonchev–Trinajstić information content (AvgIpc) is 3.57. The second-order valence-corrected chi connectivity index (χ2v) is 9.54. The molecule has 182 valence electrons. The maximum atomic E-state index is 12.8. The summed E-state index contributed by atoms with van der Waals surface area (Å²) in [4.78, 5) is 29.7. The minimum atomic E-state index is -0.0511. The van der Waals surface area contributed by atoms with Crippen LogP contribution in [0.25, 0.3) is 11.3 Å². The summed E-state index contributed by atoms with van der Waals surface area (Å²) in [5.41, 5.74) is 3.52. The van der Waals surface area contributed by atoms with E-state index in [0.717, 1.165) is 29.1 Å². The van der Waals surface area contributed by atoms with Gasteiger partial charge in [0.1, 0.15) is 5.82 Å². The highest BCUT2D eigenvalue weighted by Gasteiger charge is 2.26. The van der Waals surface area contributed by atoms with Gasteiger partial charge in [0.25, 0.3) is 5.91 Å². The first kappa shape index (κ1) is 23.3. The van der Waals surface area contributed by atoms with Crippen LogP contribution < -0.4 is 10.2 Å². The van der Waals surface area contributed by atoms with Crippen LogP contribution in [0.1, 0.15) is 48.5 Å². The number of anilines is 1. The van der Waals surface area contributed by atoms with Gasteiger partial charge in [0.2, 0.25) is 5.91 Å². The fraction of sp³-hybridized carbons (Fsp3) is 0.393. The van der Waals surface area contributed by atoms with E-state index in [-0.39, 0.29) is 11.8 Å². The normalized spacial score (nSPS) is 16.8. The lowest BCUT2D eigenvalue weighted by atomic mass is 10.1. The Hall–Kier alpha value is -3.45. The highest BCUT2D eigenvalue weighted by Crippen LogP contribution is 2.29. The Balaban J connectivity index is 1.20. The number of aromatic nitrogens is 2. The zero-order valence-electron chi connectivity index (χ0n) is 20.3. The van der Waals surface area contributed by atoms with Crippen molar-refractivity contribution >= 4 is 17.6 Å². The molecule has 0 radical (unpaired) electrons. The molecule has 0 aliphatic carbocycles. The van der Waals surface area contributed by atoms with Gasteiger partial charge in [0.05, 0.1) is 18.8 Å². The number of nitrogens with zero attached hydrogens (tertiary/aromatic N) is 4. The first-order chi connectivity index (χ1) is 17.1. The van der Waals surface area contributed by atoms with Gasteiger partial charge in [-0.25, -0.2) is 4.68 Å². The van der Waals surface area contributed by atoms with Crippen LogP contribution in [-0.4, -0.2) is 52.2 Å². The Kier molecular flexibility index (Phi) is 6.95. The third-order valence-electron chi connectivity index (χ3n) is 7.11. The standard InChI is InChI=1S/C28H33N5O2/c1-21(31-16-5-6-17-31)13-15-29-28(35)24-11-9-22(10-12-24)20-32-26-19-25(23-7-3-2-4-8-23)30-33(26)18-14-27(32)34/h2-4,7-12,19,21H,5-6,13-18,20H2,1H3,(H,29,35)/t21-/m0/s1. The zero-order valence-corrected chi connectivity index (χ0v) is 20.3. The highest BCUT2D eigenvalue weighted by atomic mass is 16.2. The molecule has 7 heteroatoms. The predicted molar refractivity (Wildman–Crippen MR) is 137 cm³/mol. The van der Waals surface area contributed by atoms with Crippen LogP contribution in [0.15, 0.2) is 60.7 Å². The fourth-order valence-electron chi connectivity index (χ4n) is 4.98. The molecule has 2 amide bonds. The maximum absolute atomic E-state index is 12.8. The first-order valence-corrected chi connectivity index (χ1v) is 12.6. The number of likely N-dealkylation sites (tertiary alicyclic amines) is 1.